The molecule has 0 amide bonds. The lowest BCUT2D eigenvalue weighted by Crippen LogP contribution is -2.30. The van der Waals surface area contributed by atoms with Crippen molar-refractivity contribution in [2.75, 3.05) is 13.2 Å². The Labute approximate surface area is 114 Å². The number of aliphatic hydroxyl groups excluding tert-OH is 1. The second-order valence-corrected chi connectivity index (χ2v) is 5.83. The lowest BCUT2D eigenvalue weighted by molar-refractivity contribution is 0.207. The van der Waals surface area contributed by atoms with Gasteiger partial charge in [-0.3, -0.25) is 4.68 Å². The molecule has 1 aromatic carbocycles. The number of rotatable bonds is 6. The van der Waals surface area contributed by atoms with E-state index in [9.17, 15) is 0 Å². The molecule has 1 heterocycles. The minimum absolute atomic E-state index is 0.110. The molecule has 4 nitrogen and oxygen atoms in total. The lowest BCUT2D eigenvalue weighted by atomic mass is 9.90. The summed E-state index contributed by atoms with van der Waals surface area (Å²) in [7, 11) is 1.97. The molecule has 2 N–H and O–H groups in total. The Bertz CT molecular complexity index is 545. The quantitative estimate of drug-likeness (QED) is 0.837. The Hall–Kier alpha value is -1.39. The highest BCUT2D eigenvalue weighted by molar-refractivity contribution is 5.81. The van der Waals surface area contributed by atoms with E-state index in [2.05, 4.69) is 36.4 Å². The normalized spacial score (nSPS) is 12.2. The average molecular weight is 261 g/mol. The number of fused-ring (bicyclic) bond motifs is 1. The summed E-state index contributed by atoms with van der Waals surface area (Å²) in [6, 6.07) is 8.27. The first kappa shape index (κ1) is 14.0. The minimum Gasteiger partial charge on any atom is -0.396 e. The maximum atomic E-state index is 9.02. The van der Waals surface area contributed by atoms with Gasteiger partial charge in [-0.2, -0.15) is 5.10 Å². The molecule has 0 atom stereocenters. The monoisotopic (exact) mass is 261 g/mol. The SMILES string of the molecule is Cn1nc(CNCC(C)(C)CCO)c2ccccc21. The molecule has 0 unspecified atom stereocenters. The van der Waals surface area contributed by atoms with Crippen LogP contribution in [0.1, 0.15) is 26.0 Å². The zero-order chi connectivity index (χ0) is 13.9. The van der Waals surface area contributed by atoms with Gasteiger partial charge in [0.05, 0.1) is 11.2 Å². The van der Waals surface area contributed by atoms with Crippen molar-refractivity contribution in [2.45, 2.75) is 26.8 Å². The third-order valence-corrected chi connectivity index (χ3v) is 3.52. The number of hydrogen-bond donors (Lipinski definition) is 2. The molecule has 4 heteroatoms. The van der Waals surface area contributed by atoms with E-state index >= 15 is 0 Å². The van der Waals surface area contributed by atoms with Crippen molar-refractivity contribution in [3.8, 4) is 0 Å². The van der Waals surface area contributed by atoms with E-state index in [1.54, 1.807) is 0 Å². The molecule has 19 heavy (non-hydrogen) atoms. The van der Waals surface area contributed by atoms with Crippen LogP contribution in [0.5, 0.6) is 0 Å². The van der Waals surface area contributed by atoms with Crippen LogP contribution in [0.3, 0.4) is 0 Å². The predicted octanol–water partition coefficient (Wildman–Crippen LogP) is 2.07. The Morgan fingerprint density at radius 1 is 1.32 bits per heavy atom. The van der Waals surface area contributed by atoms with Gasteiger partial charge in [0.2, 0.25) is 0 Å². The second-order valence-electron chi connectivity index (χ2n) is 5.83. The topological polar surface area (TPSA) is 50.1 Å². The largest absolute Gasteiger partial charge is 0.396 e. The molecule has 104 valence electrons. The summed E-state index contributed by atoms with van der Waals surface area (Å²) in [6.07, 6.45) is 0.808. The van der Waals surface area contributed by atoms with Crippen LogP contribution in [0.15, 0.2) is 24.3 Å². The van der Waals surface area contributed by atoms with Gasteiger partial charge < -0.3 is 10.4 Å². The van der Waals surface area contributed by atoms with Crippen molar-refractivity contribution in [2.24, 2.45) is 12.5 Å². The number of hydrogen-bond acceptors (Lipinski definition) is 3. The molecule has 0 aliphatic rings. The molecular weight excluding hydrogens is 238 g/mol. The maximum absolute atomic E-state index is 9.02. The fraction of sp³-hybridized carbons (Fsp3) is 0.533. The number of aliphatic hydroxyl groups is 1. The van der Waals surface area contributed by atoms with Crippen molar-refractivity contribution in [1.82, 2.24) is 15.1 Å². The smallest absolute Gasteiger partial charge is 0.0841 e. The molecule has 2 aromatic rings. The van der Waals surface area contributed by atoms with Crippen molar-refractivity contribution >= 4 is 10.9 Å². The zero-order valence-electron chi connectivity index (χ0n) is 12.0. The Morgan fingerprint density at radius 2 is 2.05 bits per heavy atom. The second kappa shape index (κ2) is 5.72. The van der Waals surface area contributed by atoms with Gasteiger partial charge in [-0.15, -0.1) is 0 Å². The summed E-state index contributed by atoms with van der Waals surface area (Å²) < 4.78 is 1.92. The molecule has 0 saturated heterocycles. The number of aromatic nitrogens is 2. The lowest BCUT2D eigenvalue weighted by Gasteiger charge is -2.23. The van der Waals surface area contributed by atoms with Crippen molar-refractivity contribution in [1.29, 1.82) is 0 Å². The highest BCUT2D eigenvalue weighted by Gasteiger charge is 2.17. The van der Waals surface area contributed by atoms with Crippen LogP contribution in [-0.2, 0) is 13.6 Å². The van der Waals surface area contributed by atoms with Gasteiger partial charge in [0, 0.05) is 32.1 Å². The Balaban J connectivity index is 2.03. The first-order chi connectivity index (χ1) is 9.03. The molecule has 0 aliphatic carbocycles. The van der Waals surface area contributed by atoms with Gasteiger partial charge in [-0.25, -0.2) is 0 Å². The fourth-order valence-electron chi connectivity index (χ4n) is 2.33. The van der Waals surface area contributed by atoms with E-state index in [1.807, 2.05) is 23.9 Å². The summed E-state index contributed by atoms with van der Waals surface area (Å²) >= 11 is 0. The van der Waals surface area contributed by atoms with Crippen LogP contribution < -0.4 is 5.32 Å². The number of para-hydroxylation sites is 1. The third-order valence-electron chi connectivity index (χ3n) is 3.52. The molecular formula is C15H23N3O. The van der Waals surface area contributed by atoms with Crippen LogP contribution in [0.4, 0.5) is 0 Å². The summed E-state index contributed by atoms with van der Waals surface area (Å²) in [5, 5.41) is 18.2. The van der Waals surface area contributed by atoms with Gasteiger partial charge in [-0.05, 0) is 17.9 Å². The zero-order valence-corrected chi connectivity index (χ0v) is 12.0. The molecule has 0 bridgehead atoms. The van der Waals surface area contributed by atoms with Crippen LogP contribution in [0.2, 0.25) is 0 Å². The number of nitrogens with one attached hydrogen (secondary N) is 1. The highest BCUT2D eigenvalue weighted by Crippen LogP contribution is 2.20. The molecule has 0 fully saturated rings. The number of aryl methyl sites for hydroxylation is 1. The Morgan fingerprint density at radius 3 is 2.79 bits per heavy atom. The van der Waals surface area contributed by atoms with E-state index in [-0.39, 0.29) is 12.0 Å². The Kier molecular flexibility index (Phi) is 4.22. The van der Waals surface area contributed by atoms with Crippen LogP contribution >= 0.6 is 0 Å². The molecule has 0 aliphatic heterocycles. The van der Waals surface area contributed by atoms with Gasteiger partial charge in [0.25, 0.3) is 0 Å². The van der Waals surface area contributed by atoms with Gasteiger partial charge in [-0.1, -0.05) is 32.0 Å². The van der Waals surface area contributed by atoms with Crippen LogP contribution in [0.25, 0.3) is 10.9 Å². The molecule has 2 rings (SSSR count). The first-order valence-corrected chi connectivity index (χ1v) is 6.76. The highest BCUT2D eigenvalue weighted by atomic mass is 16.3. The minimum atomic E-state index is 0.110. The van der Waals surface area contributed by atoms with Crippen molar-refractivity contribution in [3.63, 3.8) is 0 Å². The first-order valence-electron chi connectivity index (χ1n) is 6.76. The summed E-state index contributed by atoms with van der Waals surface area (Å²) in [4.78, 5) is 0. The average Bonchev–Trinajstić information content (AvgIpc) is 2.67. The molecule has 1 aromatic heterocycles. The van der Waals surface area contributed by atoms with Crippen molar-refractivity contribution in [3.05, 3.63) is 30.0 Å². The van der Waals surface area contributed by atoms with Gasteiger partial charge in [0.1, 0.15) is 0 Å². The third kappa shape index (κ3) is 3.33. The van der Waals surface area contributed by atoms with Gasteiger partial charge >= 0.3 is 0 Å². The maximum Gasteiger partial charge on any atom is 0.0841 e. The fourth-order valence-corrected chi connectivity index (χ4v) is 2.33. The summed E-state index contributed by atoms with van der Waals surface area (Å²) in [6.45, 7) is 6.19. The van der Waals surface area contributed by atoms with E-state index in [4.69, 9.17) is 5.11 Å². The standard InChI is InChI=1S/C15H23N3O/c1-15(2,8-9-19)11-16-10-13-12-6-4-5-7-14(12)18(3)17-13/h4-7,16,19H,8-11H2,1-3H3. The van der Waals surface area contributed by atoms with Gasteiger partial charge in [0.15, 0.2) is 0 Å². The molecule has 0 spiro atoms. The summed E-state index contributed by atoms with van der Waals surface area (Å²) in [5.74, 6) is 0. The summed E-state index contributed by atoms with van der Waals surface area (Å²) in [5.41, 5.74) is 2.35. The predicted molar refractivity (Wildman–Crippen MR) is 77.9 cm³/mol. The molecule has 0 saturated carbocycles. The number of benzene rings is 1. The number of nitrogens with zero attached hydrogens (tertiary/aromatic N) is 2. The van der Waals surface area contributed by atoms with Crippen LogP contribution in [-0.4, -0.2) is 28.0 Å². The van der Waals surface area contributed by atoms with Crippen molar-refractivity contribution < 1.29 is 5.11 Å². The van der Waals surface area contributed by atoms with E-state index in [0.29, 0.717) is 0 Å². The molecule has 0 radical (unpaired) electrons. The van der Waals surface area contributed by atoms with E-state index < -0.39 is 0 Å². The van der Waals surface area contributed by atoms with E-state index in [0.717, 1.165) is 30.7 Å². The van der Waals surface area contributed by atoms with E-state index in [1.165, 1.54) is 5.39 Å². The van der Waals surface area contributed by atoms with Crippen LogP contribution in [0, 0.1) is 5.41 Å².